The van der Waals surface area contributed by atoms with E-state index in [1.54, 1.807) is 35.7 Å². The summed E-state index contributed by atoms with van der Waals surface area (Å²) >= 11 is 0. The van der Waals surface area contributed by atoms with E-state index in [9.17, 15) is 8.42 Å². The average Bonchev–Trinajstić information content (AvgIpc) is 2.63. The molecule has 0 atom stereocenters. The maximum atomic E-state index is 12.7. The van der Waals surface area contributed by atoms with Crippen LogP contribution in [0, 0.1) is 5.92 Å². The standard InChI is InChI=1S/C19H23NO3S/c1-23-18-7-9-19(10-8-18)24(21,22)20-13-11-17(12-14-20)15-16-5-3-2-4-6-16/h2-10,17H,11-15H2,1H3. The first-order chi connectivity index (χ1) is 11.6. The molecule has 24 heavy (non-hydrogen) atoms. The summed E-state index contributed by atoms with van der Waals surface area (Å²) in [6.45, 7) is 1.18. The fraction of sp³-hybridized carbons (Fsp3) is 0.368. The Morgan fingerprint density at radius 1 is 1.00 bits per heavy atom. The minimum atomic E-state index is -3.41. The van der Waals surface area contributed by atoms with Crippen molar-refractivity contribution in [1.82, 2.24) is 4.31 Å². The lowest BCUT2D eigenvalue weighted by molar-refractivity contribution is 0.273. The van der Waals surface area contributed by atoms with Crippen molar-refractivity contribution in [2.24, 2.45) is 5.92 Å². The van der Waals surface area contributed by atoms with Crippen molar-refractivity contribution in [3.63, 3.8) is 0 Å². The third-order valence-corrected chi connectivity index (χ3v) is 6.55. The number of hydrogen-bond donors (Lipinski definition) is 0. The zero-order valence-electron chi connectivity index (χ0n) is 13.9. The van der Waals surface area contributed by atoms with E-state index in [0.717, 1.165) is 19.3 Å². The highest BCUT2D eigenvalue weighted by molar-refractivity contribution is 7.89. The molecule has 0 amide bonds. The molecule has 0 bridgehead atoms. The van der Waals surface area contributed by atoms with Crippen LogP contribution in [-0.4, -0.2) is 32.9 Å². The highest BCUT2D eigenvalue weighted by atomic mass is 32.2. The van der Waals surface area contributed by atoms with Crippen molar-refractivity contribution >= 4 is 10.0 Å². The number of ether oxygens (including phenoxy) is 1. The second kappa shape index (κ2) is 7.36. The van der Waals surface area contributed by atoms with Gasteiger partial charge >= 0.3 is 0 Å². The van der Waals surface area contributed by atoms with E-state index in [4.69, 9.17) is 4.74 Å². The van der Waals surface area contributed by atoms with Gasteiger partial charge in [0.05, 0.1) is 12.0 Å². The molecule has 4 nitrogen and oxygen atoms in total. The van der Waals surface area contributed by atoms with E-state index < -0.39 is 10.0 Å². The summed E-state index contributed by atoms with van der Waals surface area (Å²) in [6, 6.07) is 17.0. The topological polar surface area (TPSA) is 46.6 Å². The molecule has 1 saturated heterocycles. The molecule has 2 aromatic carbocycles. The van der Waals surface area contributed by atoms with Crippen molar-refractivity contribution in [2.45, 2.75) is 24.2 Å². The molecule has 1 aliphatic rings. The van der Waals surface area contributed by atoms with Crippen molar-refractivity contribution < 1.29 is 13.2 Å². The zero-order chi connectivity index (χ0) is 17.0. The van der Waals surface area contributed by atoms with Gasteiger partial charge in [-0.25, -0.2) is 8.42 Å². The fourth-order valence-corrected chi connectivity index (χ4v) is 4.67. The second-order valence-corrected chi connectivity index (χ2v) is 8.15. The number of sulfonamides is 1. The summed E-state index contributed by atoms with van der Waals surface area (Å²) in [6.07, 6.45) is 2.84. The Hall–Kier alpha value is -1.85. The summed E-state index contributed by atoms with van der Waals surface area (Å²) in [7, 11) is -1.84. The van der Waals surface area contributed by atoms with Crippen LogP contribution < -0.4 is 4.74 Å². The van der Waals surface area contributed by atoms with E-state index in [2.05, 4.69) is 24.3 Å². The van der Waals surface area contributed by atoms with Crippen molar-refractivity contribution in [3.8, 4) is 5.75 Å². The van der Waals surface area contributed by atoms with E-state index in [0.29, 0.717) is 29.7 Å². The predicted octanol–water partition coefficient (Wildman–Crippen LogP) is 3.34. The van der Waals surface area contributed by atoms with Crippen LogP contribution in [0.4, 0.5) is 0 Å². The van der Waals surface area contributed by atoms with Gasteiger partial charge in [-0.2, -0.15) is 4.31 Å². The Morgan fingerprint density at radius 2 is 1.62 bits per heavy atom. The van der Waals surface area contributed by atoms with Gasteiger partial charge in [-0.1, -0.05) is 30.3 Å². The molecule has 3 rings (SSSR count). The summed E-state index contributed by atoms with van der Waals surface area (Å²) in [4.78, 5) is 0.338. The van der Waals surface area contributed by atoms with Gasteiger partial charge in [-0.3, -0.25) is 0 Å². The monoisotopic (exact) mass is 345 g/mol. The van der Waals surface area contributed by atoms with Crippen LogP contribution in [0.15, 0.2) is 59.5 Å². The Balaban J connectivity index is 1.62. The fourth-order valence-electron chi connectivity index (χ4n) is 3.20. The number of nitrogens with zero attached hydrogens (tertiary/aromatic N) is 1. The molecule has 2 aromatic rings. The number of benzene rings is 2. The Bertz CT molecular complexity index is 749. The molecule has 0 saturated carbocycles. The van der Waals surface area contributed by atoms with E-state index >= 15 is 0 Å². The third kappa shape index (κ3) is 3.79. The first kappa shape index (κ1) is 17.0. The largest absolute Gasteiger partial charge is 0.497 e. The lowest BCUT2D eigenvalue weighted by atomic mass is 9.91. The molecule has 0 aliphatic carbocycles. The first-order valence-corrected chi connectivity index (χ1v) is 9.72. The highest BCUT2D eigenvalue weighted by Crippen LogP contribution is 2.26. The number of rotatable bonds is 5. The van der Waals surface area contributed by atoms with Crippen LogP contribution in [0.3, 0.4) is 0 Å². The maximum absolute atomic E-state index is 12.7. The molecular weight excluding hydrogens is 322 g/mol. The van der Waals surface area contributed by atoms with Gasteiger partial charge < -0.3 is 4.74 Å². The average molecular weight is 345 g/mol. The molecule has 5 heteroatoms. The van der Waals surface area contributed by atoms with E-state index in [-0.39, 0.29) is 0 Å². The lowest BCUT2D eigenvalue weighted by Gasteiger charge is -2.31. The van der Waals surface area contributed by atoms with Gasteiger partial charge in [0.2, 0.25) is 10.0 Å². The van der Waals surface area contributed by atoms with E-state index in [1.165, 1.54) is 5.56 Å². The Morgan fingerprint density at radius 3 is 2.21 bits per heavy atom. The van der Waals surface area contributed by atoms with Crippen LogP contribution >= 0.6 is 0 Å². The van der Waals surface area contributed by atoms with Gasteiger partial charge in [0, 0.05) is 13.1 Å². The number of methoxy groups -OCH3 is 1. The van der Waals surface area contributed by atoms with Crippen molar-refractivity contribution in [1.29, 1.82) is 0 Å². The molecule has 0 spiro atoms. The second-order valence-electron chi connectivity index (χ2n) is 6.21. The van der Waals surface area contributed by atoms with Crippen LogP contribution in [0.2, 0.25) is 0 Å². The molecule has 0 N–H and O–H groups in total. The summed E-state index contributed by atoms with van der Waals surface area (Å²) in [5.74, 6) is 1.21. The summed E-state index contributed by atoms with van der Waals surface area (Å²) in [5.41, 5.74) is 1.33. The van der Waals surface area contributed by atoms with Crippen LogP contribution in [0.5, 0.6) is 5.75 Å². The summed E-state index contributed by atoms with van der Waals surface area (Å²) < 4.78 is 32.2. The smallest absolute Gasteiger partial charge is 0.243 e. The normalized spacial score (nSPS) is 16.9. The van der Waals surface area contributed by atoms with Crippen LogP contribution in [0.25, 0.3) is 0 Å². The zero-order valence-corrected chi connectivity index (χ0v) is 14.7. The quantitative estimate of drug-likeness (QED) is 0.835. The van der Waals surface area contributed by atoms with Crippen molar-refractivity contribution in [3.05, 3.63) is 60.2 Å². The van der Waals surface area contributed by atoms with Crippen LogP contribution in [-0.2, 0) is 16.4 Å². The molecule has 1 fully saturated rings. The van der Waals surface area contributed by atoms with Gasteiger partial charge in [0.1, 0.15) is 5.75 Å². The minimum Gasteiger partial charge on any atom is -0.497 e. The molecule has 1 aliphatic heterocycles. The SMILES string of the molecule is COc1ccc(S(=O)(=O)N2CCC(Cc3ccccc3)CC2)cc1. The van der Waals surface area contributed by atoms with Gasteiger partial charge in [-0.05, 0) is 55.0 Å². The lowest BCUT2D eigenvalue weighted by Crippen LogP contribution is -2.38. The molecule has 1 heterocycles. The Labute approximate surface area is 144 Å². The highest BCUT2D eigenvalue weighted by Gasteiger charge is 2.29. The Kier molecular flexibility index (Phi) is 5.21. The maximum Gasteiger partial charge on any atom is 0.243 e. The minimum absolute atomic E-state index is 0.338. The molecule has 0 unspecified atom stereocenters. The first-order valence-electron chi connectivity index (χ1n) is 8.28. The number of hydrogen-bond acceptors (Lipinski definition) is 3. The van der Waals surface area contributed by atoms with Gasteiger partial charge in [0.25, 0.3) is 0 Å². The summed E-state index contributed by atoms with van der Waals surface area (Å²) in [5, 5.41) is 0. The molecule has 0 radical (unpaired) electrons. The van der Waals surface area contributed by atoms with Gasteiger partial charge in [0.15, 0.2) is 0 Å². The van der Waals surface area contributed by atoms with Crippen molar-refractivity contribution in [2.75, 3.05) is 20.2 Å². The molecule has 128 valence electrons. The predicted molar refractivity (Wildman–Crippen MR) is 94.6 cm³/mol. The third-order valence-electron chi connectivity index (χ3n) is 4.64. The molecule has 0 aromatic heterocycles. The van der Waals surface area contributed by atoms with E-state index in [1.807, 2.05) is 6.07 Å². The number of piperidine rings is 1. The van der Waals surface area contributed by atoms with Crippen LogP contribution in [0.1, 0.15) is 18.4 Å². The van der Waals surface area contributed by atoms with Gasteiger partial charge in [-0.15, -0.1) is 0 Å². The molecular formula is C19H23NO3S.